The van der Waals surface area contributed by atoms with Gasteiger partial charge in [-0.05, 0) is 29.9 Å². The lowest BCUT2D eigenvalue weighted by atomic mass is 10.0. The number of thioether (sulfide) groups is 1. The maximum absolute atomic E-state index is 14.9. The second-order valence-corrected chi connectivity index (χ2v) is 9.99. The molecule has 0 saturated heterocycles. The molecule has 2 amide bonds. The Kier molecular flexibility index (Phi) is 11.8. The van der Waals surface area contributed by atoms with Gasteiger partial charge in [0, 0.05) is 24.2 Å². The lowest BCUT2D eigenvalue weighted by molar-refractivity contribution is -0.127. The van der Waals surface area contributed by atoms with Crippen LogP contribution in [0.4, 0.5) is 10.1 Å². The maximum atomic E-state index is 14.9. The van der Waals surface area contributed by atoms with Gasteiger partial charge in [-0.25, -0.2) is 9.29 Å². The highest BCUT2D eigenvalue weighted by Crippen LogP contribution is 2.36. The van der Waals surface area contributed by atoms with E-state index in [0.29, 0.717) is 11.3 Å². The van der Waals surface area contributed by atoms with Crippen LogP contribution in [0.1, 0.15) is 80.1 Å². The largest absolute Gasteiger partial charge is 0.287 e. The van der Waals surface area contributed by atoms with Crippen molar-refractivity contribution in [2.75, 3.05) is 4.90 Å². The first-order valence-electron chi connectivity index (χ1n) is 11.1. The third-order valence-corrected chi connectivity index (χ3v) is 6.99. The fourth-order valence-corrected chi connectivity index (χ4v) is 4.04. The summed E-state index contributed by atoms with van der Waals surface area (Å²) >= 11 is 7.12. The van der Waals surface area contributed by atoms with Crippen LogP contribution in [-0.4, -0.2) is 16.9 Å². The van der Waals surface area contributed by atoms with Crippen molar-refractivity contribution in [1.29, 1.82) is 0 Å². The molecule has 3 atom stereocenters. The van der Waals surface area contributed by atoms with E-state index in [4.69, 9.17) is 11.6 Å². The summed E-state index contributed by atoms with van der Waals surface area (Å²) in [7, 11) is 0. The Balaban J connectivity index is 3.33. The molecule has 7 heteroatoms. The highest BCUT2D eigenvalue weighted by atomic mass is 35.5. The van der Waals surface area contributed by atoms with Crippen molar-refractivity contribution in [3.05, 3.63) is 23.0 Å². The van der Waals surface area contributed by atoms with Crippen LogP contribution in [0.3, 0.4) is 0 Å². The minimum Gasteiger partial charge on any atom is -0.287 e. The van der Waals surface area contributed by atoms with Gasteiger partial charge in [-0.15, -0.1) is 0 Å². The van der Waals surface area contributed by atoms with Gasteiger partial charge in [0.15, 0.2) is 5.12 Å². The Labute approximate surface area is 195 Å². The number of hydrogen-bond acceptors (Lipinski definition) is 4. The Morgan fingerprint density at radius 3 is 1.81 bits per heavy atom. The zero-order valence-electron chi connectivity index (χ0n) is 19.5. The number of carbonyl (C=O) groups is 3. The monoisotopic (exact) mass is 471 g/mol. The fraction of sp³-hybridized carbons (Fsp3) is 0.625. The first-order chi connectivity index (χ1) is 14.5. The summed E-state index contributed by atoms with van der Waals surface area (Å²) in [5.74, 6) is -1.28. The topological polar surface area (TPSA) is 54.5 Å². The molecule has 0 aliphatic carbocycles. The molecule has 0 aliphatic heterocycles. The van der Waals surface area contributed by atoms with E-state index in [9.17, 15) is 18.8 Å². The molecule has 0 aromatic heterocycles. The smallest absolute Gasteiger partial charge is 0.234 e. The van der Waals surface area contributed by atoms with Crippen molar-refractivity contribution in [1.82, 2.24) is 0 Å². The van der Waals surface area contributed by atoms with E-state index in [-0.39, 0.29) is 46.4 Å². The predicted molar refractivity (Wildman–Crippen MR) is 127 cm³/mol. The number of benzene rings is 1. The zero-order chi connectivity index (χ0) is 23.7. The molecule has 0 fully saturated rings. The highest BCUT2D eigenvalue weighted by Gasteiger charge is 2.29. The molecular weight excluding hydrogens is 437 g/mol. The molecule has 1 aromatic rings. The number of carbonyl (C=O) groups excluding carboxylic acids is 3. The summed E-state index contributed by atoms with van der Waals surface area (Å²) in [6.07, 6.45) is 3.06. The van der Waals surface area contributed by atoms with Crippen molar-refractivity contribution in [2.24, 2.45) is 17.8 Å². The third-order valence-electron chi connectivity index (χ3n) is 5.62. The highest BCUT2D eigenvalue weighted by molar-refractivity contribution is 8.13. The Bertz CT molecular complexity index is 762. The van der Waals surface area contributed by atoms with Crippen molar-refractivity contribution in [3.63, 3.8) is 0 Å². The van der Waals surface area contributed by atoms with Gasteiger partial charge in [0.2, 0.25) is 11.8 Å². The molecule has 0 aliphatic rings. The van der Waals surface area contributed by atoms with Crippen LogP contribution in [0.5, 0.6) is 0 Å². The molecule has 0 N–H and O–H groups in total. The molecule has 3 unspecified atom stereocenters. The number of halogens is 2. The van der Waals surface area contributed by atoms with Crippen molar-refractivity contribution < 1.29 is 18.8 Å². The molecule has 174 valence electrons. The van der Waals surface area contributed by atoms with E-state index in [1.54, 1.807) is 0 Å². The molecule has 1 rings (SSSR count). The Morgan fingerprint density at radius 1 is 0.903 bits per heavy atom. The van der Waals surface area contributed by atoms with Crippen molar-refractivity contribution >= 4 is 46.0 Å². The van der Waals surface area contributed by atoms with Crippen LogP contribution in [0, 0.1) is 23.6 Å². The van der Waals surface area contributed by atoms with E-state index in [2.05, 4.69) is 0 Å². The standard InChI is InChI=1S/C24H35ClFNO3S/c1-7-15(4)10-22(28)27(23(29)11-16(5)8-2)20-14-21(18(25)13-19(20)26)31-24(30)12-17(6)9-3/h13-17H,7-12H2,1-6H3. The van der Waals surface area contributed by atoms with Crippen LogP contribution in [0.2, 0.25) is 5.02 Å². The fourth-order valence-electron chi connectivity index (χ4n) is 2.84. The third kappa shape index (κ3) is 8.57. The van der Waals surface area contributed by atoms with E-state index in [1.807, 2.05) is 41.5 Å². The minimum absolute atomic E-state index is 0.0627. The van der Waals surface area contributed by atoms with E-state index in [1.165, 1.54) is 6.07 Å². The minimum atomic E-state index is -0.751. The molecule has 4 nitrogen and oxygen atoms in total. The van der Waals surface area contributed by atoms with Crippen LogP contribution in [-0.2, 0) is 14.4 Å². The first-order valence-corrected chi connectivity index (χ1v) is 12.3. The normalized spacial score (nSPS) is 14.1. The zero-order valence-corrected chi connectivity index (χ0v) is 21.0. The molecule has 31 heavy (non-hydrogen) atoms. The molecule has 1 aromatic carbocycles. The summed E-state index contributed by atoms with van der Waals surface area (Å²) in [4.78, 5) is 39.7. The molecule has 0 radical (unpaired) electrons. The predicted octanol–water partition coefficient (Wildman–Crippen LogP) is 7.27. The Hall–Kier alpha value is -1.40. The molecule has 0 bridgehead atoms. The number of amides is 2. The van der Waals surface area contributed by atoms with Gasteiger partial charge < -0.3 is 0 Å². The van der Waals surface area contributed by atoms with Crippen molar-refractivity contribution in [2.45, 2.75) is 85.0 Å². The SMILES string of the molecule is CCC(C)CC(=O)Sc1cc(N(C(=O)CC(C)CC)C(=O)CC(C)CC)c(F)cc1Cl. The lowest BCUT2D eigenvalue weighted by Gasteiger charge is -2.25. The summed E-state index contributed by atoms with van der Waals surface area (Å²) in [6, 6.07) is 2.44. The van der Waals surface area contributed by atoms with Gasteiger partial charge in [-0.3, -0.25) is 14.4 Å². The Morgan fingerprint density at radius 2 is 1.35 bits per heavy atom. The van der Waals surface area contributed by atoms with E-state index in [0.717, 1.165) is 42.0 Å². The molecule has 0 saturated carbocycles. The van der Waals surface area contributed by atoms with Crippen molar-refractivity contribution in [3.8, 4) is 0 Å². The number of anilines is 1. The van der Waals surface area contributed by atoms with Gasteiger partial charge in [-0.1, -0.05) is 84.2 Å². The van der Waals surface area contributed by atoms with Crippen LogP contribution >= 0.6 is 23.4 Å². The van der Waals surface area contributed by atoms with Gasteiger partial charge >= 0.3 is 0 Å². The number of rotatable bonds is 11. The number of imide groups is 1. The second kappa shape index (κ2) is 13.2. The maximum Gasteiger partial charge on any atom is 0.234 e. The number of nitrogens with zero attached hydrogens (tertiary/aromatic N) is 1. The van der Waals surface area contributed by atoms with Gasteiger partial charge in [-0.2, -0.15) is 0 Å². The first kappa shape index (κ1) is 27.6. The summed E-state index contributed by atoms with van der Waals surface area (Å²) in [6.45, 7) is 11.8. The van der Waals surface area contributed by atoms with Crippen LogP contribution in [0.15, 0.2) is 17.0 Å². The summed E-state index contributed by atoms with van der Waals surface area (Å²) in [5, 5.41) is 0.00433. The van der Waals surface area contributed by atoms with Gasteiger partial charge in [0.1, 0.15) is 5.82 Å². The molecule has 0 spiro atoms. The summed E-state index contributed by atoms with van der Waals surface area (Å²) < 4.78 is 14.9. The second-order valence-electron chi connectivity index (χ2n) is 8.48. The quantitative estimate of drug-likeness (QED) is 0.318. The summed E-state index contributed by atoms with van der Waals surface area (Å²) in [5.41, 5.74) is -0.134. The average molecular weight is 472 g/mol. The lowest BCUT2D eigenvalue weighted by Crippen LogP contribution is -2.39. The van der Waals surface area contributed by atoms with E-state index >= 15 is 0 Å². The van der Waals surface area contributed by atoms with Gasteiger partial charge in [0.05, 0.1) is 10.7 Å². The molecular formula is C24H35ClFNO3S. The van der Waals surface area contributed by atoms with E-state index < -0.39 is 17.6 Å². The molecule has 0 heterocycles. The average Bonchev–Trinajstić information content (AvgIpc) is 2.70. The number of hydrogen-bond donors (Lipinski definition) is 0. The van der Waals surface area contributed by atoms with Crippen LogP contribution in [0.25, 0.3) is 0 Å². The van der Waals surface area contributed by atoms with Crippen LogP contribution < -0.4 is 4.90 Å². The van der Waals surface area contributed by atoms with Gasteiger partial charge in [0.25, 0.3) is 0 Å².